The number of primary amides is 1. The summed E-state index contributed by atoms with van der Waals surface area (Å²) in [6, 6.07) is 6.08. The van der Waals surface area contributed by atoms with Crippen molar-refractivity contribution in [2.75, 3.05) is 11.9 Å². The molecule has 3 heteroatoms. The standard InChI is InChI=1S/C11H12N2O/c12-11(14)4-2-8-1-3-10-9(7-8)5-6-13-10/h1-4,7,13H,5-6H2,(H2,12,14). The van der Waals surface area contributed by atoms with Crippen LogP contribution in [0.3, 0.4) is 0 Å². The Morgan fingerprint density at radius 2 is 2.36 bits per heavy atom. The third-order valence-corrected chi connectivity index (χ3v) is 2.28. The first kappa shape index (κ1) is 8.81. The zero-order valence-corrected chi connectivity index (χ0v) is 7.79. The van der Waals surface area contributed by atoms with Gasteiger partial charge in [-0.1, -0.05) is 6.07 Å². The van der Waals surface area contributed by atoms with Crippen LogP contribution in [0.25, 0.3) is 6.08 Å². The number of amides is 1. The van der Waals surface area contributed by atoms with E-state index >= 15 is 0 Å². The van der Waals surface area contributed by atoms with E-state index in [1.165, 1.54) is 17.3 Å². The van der Waals surface area contributed by atoms with Crippen LogP contribution in [0.2, 0.25) is 0 Å². The summed E-state index contributed by atoms with van der Waals surface area (Å²) in [4.78, 5) is 10.5. The number of nitrogens with one attached hydrogen (secondary N) is 1. The van der Waals surface area contributed by atoms with Crippen LogP contribution in [0.4, 0.5) is 5.69 Å². The molecule has 3 nitrogen and oxygen atoms in total. The molecule has 0 aliphatic carbocycles. The summed E-state index contributed by atoms with van der Waals surface area (Å²) in [5.74, 6) is -0.413. The second-order valence-corrected chi connectivity index (χ2v) is 3.33. The predicted molar refractivity (Wildman–Crippen MR) is 56.9 cm³/mol. The molecule has 72 valence electrons. The van der Waals surface area contributed by atoms with Crippen molar-refractivity contribution in [3.8, 4) is 0 Å². The Kier molecular flexibility index (Phi) is 2.23. The van der Waals surface area contributed by atoms with Gasteiger partial charge in [0.05, 0.1) is 0 Å². The molecular weight excluding hydrogens is 176 g/mol. The minimum absolute atomic E-state index is 0.413. The highest BCUT2D eigenvalue weighted by molar-refractivity contribution is 5.90. The third-order valence-electron chi connectivity index (χ3n) is 2.28. The molecule has 0 bridgehead atoms. The van der Waals surface area contributed by atoms with E-state index < -0.39 is 5.91 Å². The van der Waals surface area contributed by atoms with Gasteiger partial charge in [-0.05, 0) is 35.8 Å². The minimum Gasteiger partial charge on any atom is -0.384 e. The molecule has 0 saturated heterocycles. The summed E-state index contributed by atoms with van der Waals surface area (Å²) in [5.41, 5.74) is 8.53. The number of hydrogen-bond donors (Lipinski definition) is 2. The molecule has 1 aliphatic rings. The van der Waals surface area contributed by atoms with Gasteiger partial charge in [-0.25, -0.2) is 0 Å². The lowest BCUT2D eigenvalue weighted by Crippen LogP contribution is -2.05. The quantitative estimate of drug-likeness (QED) is 0.684. The molecular formula is C11H12N2O. The molecule has 1 amide bonds. The number of benzene rings is 1. The third kappa shape index (κ3) is 1.76. The van der Waals surface area contributed by atoms with Crippen molar-refractivity contribution >= 4 is 17.7 Å². The average molecular weight is 188 g/mol. The summed E-state index contributed by atoms with van der Waals surface area (Å²) in [7, 11) is 0. The van der Waals surface area contributed by atoms with E-state index in [1.807, 2.05) is 12.1 Å². The molecule has 0 fully saturated rings. The highest BCUT2D eigenvalue weighted by Crippen LogP contribution is 2.23. The van der Waals surface area contributed by atoms with Gasteiger partial charge in [0, 0.05) is 18.3 Å². The molecule has 1 aromatic carbocycles. The molecule has 1 aliphatic heterocycles. The summed E-state index contributed by atoms with van der Waals surface area (Å²) in [6.07, 6.45) is 4.17. The van der Waals surface area contributed by atoms with Gasteiger partial charge in [0.2, 0.25) is 5.91 Å². The van der Waals surface area contributed by atoms with Crippen LogP contribution in [-0.2, 0) is 11.2 Å². The monoisotopic (exact) mass is 188 g/mol. The number of carbonyl (C=O) groups is 1. The maximum Gasteiger partial charge on any atom is 0.241 e. The fourth-order valence-electron chi connectivity index (χ4n) is 1.61. The molecule has 1 aromatic rings. The lowest BCUT2D eigenvalue weighted by atomic mass is 10.1. The molecule has 0 aromatic heterocycles. The molecule has 14 heavy (non-hydrogen) atoms. The van der Waals surface area contributed by atoms with Crippen LogP contribution < -0.4 is 11.1 Å². The lowest BCUT2D eigenvalue weighted by molar-refractivity contribution is -0.113. The van der Waals surface area contributed by atoms with Crippen LogP contribution in [0, 0.1) is 0 Å². The molecule has 2 rings (SSSR count). The summed E-state index contributed by atoms with van der Waals surface area (Å²) >= 11 is 0. The second kappa shape index (κ2) is 3.54. The van der Waals surface area contributed by atoms with Crippen molar-refractivity contribution in [1.29, 1.82) is 0 Å². The number of carbonyl (C=O) groups excluding carboxylic acids is 1. The van der Waals surface area contributed by atoms with E-state index in [0.29, 0.717) is 0 Å². The zero-order valence-electron chi connectivity index (χ0n) is 7.79. The van der Waals surface area contributed by atoms with Crippen molar-refractivity contribution in [2.45, 2.75) is 6.42 Å². The van der Waals surface area contributed by atoms with E-state index in [4.69, 9.17) is 5.73 Å². The highest BCUT2D eigenvalue weighted by Gasteiger charge is 2.08. The molecule has 0 radical (unpaired) electrons. The fraction of sp³-hybridized carbons (Fsp3) is 0.182. The van der Waals surface area contributed by atoms with Crippen molar-refractivity contribution in [1.82, 2.24) is 0 Å². The summed E-state index contributed by atoms with van der Waals surface area (Å²) < 4.78 is 0. The Balaban J connectivity index is 2.25. The van der Waals surface area contributed by atoms with Gasteiger partial charge in [-0.15, -0.1) is 0 Å². The Bertz CT molecular complexity index is 396. The summed E-state index contributed by atoms with van der Waals surface area (Å²) in [6.45, 7) is 0.998. The Hall–Kier alpha value is -1.77. The van der Waals surface area contributed by atoms with Gasteiger partial charge in [-0.3, -0.25) is 4.79 Å². The van der Waals surface area contributed by atoms with E-state index in [-0.39, 0.29) is 0 Å². The largest absolute Gasteiger partial charge is 0.384 e. The first-order valence-electron chi connectivity index (χ1n) is 4.60. The molecule has 0 saturated carbocycles. The summed E-state index contributed by atoms with van der Waals surface area (Å²) in [5, 5.41) is 3.28. The molecule has 0 unspecified atom stereocenters. The smallest absolute Gasteiger partial charge is 0.241 e. The molecule has 0 spiro atoms. The maximum absolute atomic E-state index is 10.5. The fourth-order valence-corrected chi connectivity index (χ4v) is 1.61. The first-order valence-corrected chi connectivity index (χ1v) is 4.60. The zero-order chi connectivity index (χ0) is 9.97. The predicted octanol–water partition coefficient (Wildman–Crippen LogP) is 1.15. The van der Waals surface area contributed by atoms with E-state index in [0.717, 1.165) is 18.5 Å². The molecule has 1 heterocycles. The minimum atomic E-state index is -0.413. The first-order chi connectivity index (χ1) is 6.75. The van der Waals surface area contributed by atoms with Crippen LogP contribution in [0.1, 0.15) is 11.1 Å². The second-order valence-electron chi connectivity index (χ2n) is 3.33. The van der Waals surface area contributed by atoms with Crippen LogP contribution in [0.5, 0.6) is 0 Å². The SMILES string of the molecule is NC(=O)C=Cc1ccc2c(c1)CCN2. The van der Waals surface area contributed by atoms with E-state index in [2.05, 4.69) is 11.4 Å². The van der Waals surface area contributed by atoms with Crippen molar-refractivity contribution < 1.29 is 4.79 Å². The van der Waals surface area contributed by atoms with Crippen molar-refractivity contribution in [3.05, 3.63) is 35.4 Å². The van der Waals surface area contributed by atoms with Gasteiger partial charge >= 0.3 is 0 Å². The number of hydrogen-bond acceptors (Lipinski definition) is 2. The van der Waals surface area contributed by atoms with Gasteiger partial charge in [0.1, 0.15) is 0 Å². The van der Waals surface area contributed by atoms with Crippen LogP contribution in [0.15, 0.2) is 24.3 Å². The Morgan fingerprint density at radius 1 is 1.50 bits per heavy atom. The van der Waals surface area contributed by atoms with E-state index in [9.17, 15) is 4.79 Å². The van der Waals surface area contributed by atoms with Gasteiger partial charge in [-0.2, -0.15) is 0 Å². The normalized spacial score (nSPS) is 14.0. The molecule has 0 atom stereocenters. The number of anilines is 1. The van der Waals surface area contributed by atoms with Gasteiger partial charge < -0.3 is 11.1 Å². The van der Waals surface area contributed by atoms with Crippen molar-refractivity contribution in [2.24, 2.45) is 5.73 Å². The maximum atomic E-state index is 10.5. The number of rotatable bonds is 2. The van der Waals surface area contributed by atoms with Gasteiger partial charge in [0.25, 0.3) is 0 Å². The van der Waals surface area contributed by atoms with E-state index in [1.54, 1.807) is 6.08 Å². The number of fused-ring (bicyclic) bond motifs is 1. The Morgan fingerprint density at radius 3 is 3.14 bits per heavy atom. The lowest BCUT2D eigenvalue weighted by Gasteiger charge is -1.99. The van der Waals surface area contributed by atoms with Crippen LogP contribution >= 0.6 is 0 Å². The number of nitrogens with two attached hydrogens (primary N) is 1. The topological polar surface area (TPSA) is 55.1 Å². The Labute approximate surface area is 82.6 Å². The van der Waals surface area contributed by atoms with Crippen LogP contribution in [-0.4, -0.2) is 12.5 Å². The highest BCUT2D eigenvalue weighted by atomic mass is 16.1. The molecule has 3 N–H and O–H groups in total. The van der Waals surface area contributed by atoms with Gasteiger partial charge in [0.15, 0.2) is 0 Å². The van der Waals surface area contributed by atoms with Crippen molar-refractivity contribution in [3.63, 3.8) is 0 Å². The average Bonchev–Trinajstić information content (AvgIpc) is 2.61.